The van der Waals surface area contributed by atoms with Crippen LogP contribution in [0.15, 0.2) is 188 Å². The second kappa shape index (κ2) is 12.0. The number of rotatable bonds is 6. The van der Waals surface area contributed by atoms with Gasteiger partial charge in [0.15, 0.2) is 0 Å². The van der Waals surface area contributed by atoms with Crippen LogP contribution < -0.4 is 4.90 Å². The van der Waals surface area contributed by atoms with Crippen molar-refractivity contribution < 1.29 is 0 Å². The van der Waals surface area contributed by atoms with Crippen LogP contribution in [0.25, 0.3) is 64.3 Å². The summed E-state index contributed by atoms with van der Waals surface area (Å²) in [5.74, 6) is 0. The lowest BCUT2D eigenvalue weighted by Crippen LogP contribution is -2.13. The van der Waals surface area contributed by atoms with Gasteiger partial charge in [-0.25, -0.2) is 0 Å². The van der Waals surface area contributed by atoms with Gasteiger partial charge in [0.05, 0.1) is 17.1 Å². The summed E-state index contributed by atoms with van der Waals surface area (Å²) >= 11 is 1.86. The maximum Gasteiger partial charge on any atom is 0.0555 e. The van der Waals surface area contributed by atoms with Crippen LogP contribution >= 0.6 is 11.3 Å². The molecule has 0 saturated carbocycles. The lowest BCUT2D eigenvalue weighted by molar-refractivity contribution is 1.31. The average molecular weight is 630 g/mol. The molecule has 2 heteroatoms. The highest BCUT2D eigenvalue weighted by Gasteiger charge is 2.25. The molecule has 1 aromatic heterocycles. The largest absolute Gasteiger partial charge is 0.309 e. The van der Waals surface area contributed by atoms with Crippen LogP contribution in [-0.2, 0) is 0 Å². The summed E-state index contributed by atoms with van der Waals surface area (Å²) in [4.78, 5) is 2.52. The molecule has 0 aliphatic heterocycles. The van der Waals surface area contributed by atoms with E-state index < -0.39 is 0 Å². The van der Waals surface area contributed by atoms with Crippen molar-refractivity contribution in [3.8, 4) is 33.4 Å². The van der Waals surface area contributed by atoms with E-state index in [1.165, 1.54) is 70.0 Å². The summed E-state index contributed by atoms with van der Waals surface area (Å²) in [7, 11) is 0. The van der Waals surface area contributed by atoms with Gasteiger partial charge in [0.1, 0.15) is 0 Å². The van der Waals surface area contributed by atoms with Crippen LogP contribution in [0.3, 0.4) is 0 Å². The lowest BCUT2D eigenvalue weighted by atomic mass is 9.87. The third-order valence-electron chi connectivity index (χ3n) is 9.28. The Kier molecular flexibility index (Phi) is 7.07. The molecule has 1 nitrogen and oxygen atoms in total. The van der Waals surface area contributed by atoms with Gasteiger partial charge in [0, 0.05) is 31.1 Å². The Balaban J connectivity index is 1.44. The summed E-state index contributed by atoms with van der Waals surface area (Å²) in [5, 5.41) is 4.99. The number of benzene rings is 8. The number of anilines is 3. The van der Waals surface area contributed by atoms with Gasteiger partial charge in [-0.3, -0.25) is 0 Å². The van der Waals surface area contributed by atoms with Crippen molar-refractivity contribution in [2.75, 3.05) is 4.90 Å². The molecule has 0 spiro atoms. The molecule has 0 N–H and O–H groups in total. The van der Waals surface area contributed by atoms with E-state index in [4.69, 9.17) is 0 Å². The van der Waals surface area contributed by atoms with Gasteiger partial charge in [0.2, 0.25) is 0 Å². The van der Waals surface area contributed by atoms with Gasteiger partial charge in [-0.2, -0.15) is 0 Å². The first-order valence-electron chi connectivity index (χ1n) is 16.4. The Labute approximate surface area is 284 Å². The van der Waals surface area contributed by atoms with Gasteiger partial charge in [-0.1, -0.05) is 158 Å². The second-order valence-corrected chi connectivity index (χ2v) is 13.1. The van der Waals surface area contributed by atoms with Gasteiger partial charge < -0.3 is 4.90 Å². The molecular formula is C46H31NS. The zero-order chi connectivity index (χ0) is 31.9. The van der Waals surface area contributed by atoms with Gasteiger partial charge in [0.25, 0.3) is 0 Å². The zero-order valence-electron chi connectivity index (χ0n) is 26.3. The van der Waals surface area contributed by atoms with Crippen molar-refractivity contribution in [2.24, 2.45) is 0 Å². The normalized spacial score (nSPS) is 11.3. The maximum atomic E-state index is 2.52. The number of thiophene rings is 1. The van der Waals surface area contributed by atoms with Crippen LogP contribution in [-0.4, -0.2) is 0 Å². The predicted octanol–water partition coefficient (Wildman–Crippen LogP) is 13.7. The number of hydrogen-bond donors (Lipinski definition) is 0. The molecule has 0 unspecified atom stereocenters. The van der Waals surface area contributed by atoms with Gasteiger partial charge >= 0.3 is 0 Å². The molecule has 0 aliphatic carbocycles. The maximum absolute atomic E-state index is 2.52. The molecule has 0 radical (unpaired) electrons. The minimum absolute atomic E-state index is 1.14. The monoisotopic (exact) mass is 629 g/mol. The Morgan fingerprint density at radius 3 is 1.67 bits per heavy atom. The van der Waals surface area contributed by atoms with Crippen LogP contribution in [0.5, 0.6) is 0 Å². The quantitative estimate of drug-likeness (QED) is 0.177. The van der Waals surface area contributed by atoms with Gasteiger partial charge in [-0.15, -0.1) is 11.3 Å². The smallest absolute Gasteiger partial charge is 0.0555 e. The lowest BCUT2D eigenvalue weighted by Gasteiger charge is -2.31. The molecule has 8 aromatic carbocycles. The van der Waals surface area contributed by atoms with Crippen LogP contribution in [0.1, 0.15) is 0 Å². The van der Waals surface area contributed by atoms with E-state index in [0.717, 1.165) is 11.4 Å². The Hall–Kier alpha value is -5.96. The highest BCUT2D eigenvalue weighted by Crippen LogP contribution is 2.51. The number of nitrogens with zero attached hydrogens (tertiary/aromatic N) is 1. The number of hydrogen-bond acceptors (Lipinski definition) is 2. The highest BCUT2D eigenvalue weighted by molar-refractivity contribution is 7.26. The van der Waals surface area contributed by atoms with Crippen molar-refractivity contribution in [2.45, 2.75) is 0 Å². The van der Waals surface area contributed by atoms with E-state index in [9.17, 15) is 0 Å². The molecule has 0 atom stereocenters. The summed E-state index contributed by atoms with van der Waals surface area (Å²) in [6.45, 7) is 0. The first kappa shape index (κ1) is 28.3. The van der Waals surface area contributed by atoms with Crippen molar-refractivity contribution >= 4 is 59.3 Å². The summed E-state index contributed by atoms with van der Waals surface area (Å²) in [6.07, 6.45) is 0. The van der Waals surface area contributed by atoms with Crippen molar-refractivity contribution in [3.05, 3.63) is 188 Å². The molecule has 0 saturated heterocycles. The summed E-state index contributed by atoms with van der Waals surface area (Å²) < 4.78 is 2.58. The third-order valence-corrected chi connectivity index (χ3v) is 10.4. The Bertz CT molecular complexity index is 2560. The fraction of sp³-hybridized carbons (Fsp3) is 0. The van der Waals surface area contributed by atoms with E-state index in [1.807, 2.05) is 11.3 Å². The molecule has 0 fully saturated rings. The van der Waals surface area contributed by atoms with Crippen LogP contribution in [0, 0.1) is 0 Å². The van der Waals surface area contributed by atoms with Crippen molar-refractivity contribution in [1.29, 1.82) is 0 Å². The zero-order valence-corrected chi connectivity index (χ0v) is 27.1. The molecule has 1 heterocycles. The first-order valence-corrected chi connectivity index (χ1v) is 17.2. The van der Waals surface area contributed by atoms with E-state index in [2.05, 4.69) is 193 Å². The van der Waals surface area contributed by atoms with E-state index in [-0.39, 0.29) is 0 Å². The van der Waals surface area contributed by atoms with Crippen molar-refractivity contribution in [1.82, 2.24) is 0 Å². The summed E-state index contributed by atoms with van der Waals surface area (Å²) in [5.41, 5.74) is 10.7. The van der Waals surface area contributed by atoms with E-state index >= 15 is 0 Å². The van der Waals surface area contributed by atoms with Crippen LogP contribution in [0.4, 0.5) is 17.1 Å². The Morgan fingerprint density at radius 1 is 0.333 bits per heavy atom. The fourth-order valence-electron chi connectivity index (χ4n) is 7.17. The molecule has 0 bridgehead atoms. The molecule has 9 rings (SSSR count). The number of fused-ring (bicyclic) bond motifs is 4. The molecule has 9 aromatic rings. The van der Waals surface area contributed by atoms with Crippen LogP contribution in [0.2, 0.25) is 0 Å². The molecule has 226 valence electrons. The minimum Gasteiger partial charge on any atom is -0.309 e. The van der Waals surface area contributed by atoms with E-state index in [0.29, 0.717) is 0 Å². The summed E-state index contributed by atoms with van der Waals surface area (Å²) in [6, 6.07) is 68.2. The standard InChI is InChI=1S/C46H31NS/c1-3-16-32(17-4-1)35-22-9-10-24-38(35)45-37(34-18-5-2-6-19-34)26-14-28-41(45)47(40-27-13-21-33-20-7-8-23-36(33)40)42-29-15-31-44-46(42)39-25-11-12-30-43(39)48-44/h1-31H. The fourth-order valence-corrected chi connectivity index (χ4v) is 8.30. The van der Waals surface area contributed by atoms with Crippen molar-refractivity contribution in [3.63, 3.8) is 0 Å². The molecule has 0 aliphatic rings. The first-order chi connectivity index (χ1) is 23.8. The third kappa shape index (κ3) is 4.78. The molecule has 48 heavy (non-hydrogen) atoms. The average Bonchev–Trinajstić information content (AvgIpc) is 3.55. The van der Waals surface area contributed by atoms with E-state index in [1.54, 1.807) is 0 Å². The Morgan fingerprint density at radius 2 is 0.854 bits per heavy atom. The predicted molar refractivity (Wildman–Crippen MR) is 208 cm³/mol. The van der Waals surface area contributed by atoms with Gasteiger partial charge in [-0.05, 0) is 63.5 Å². The molecule has 0 amide bonds. The highest BCUT2D eigenvalue weighted by atomic mass is 32.1. The minimum atomic E-state index is 1.14. The topological polar surface area (TPSA) is 3.24 Å². The molecular weight excluding hydrogens is 599 g/mol. The SMILES string of the molecule is c1ccc(-c2ccccc2-c2c(-c3ccccc3)cccc2N(c2cccc3ccccc23)c2cccc3sc4ccccc4c23)cc1. The second-order valence-electron chi connectivity index (χ2n) is 12.1.